The number of hydrogen-bond acceptors (Lipinski definition) is 3. The van der Waals surface area contributed by atoms with Crippen LogP contribution in [0.25, 0.3) is 10.8 Å². The average Bonchev–Trinajstić information content (AvgIpc) is 2.98. The van der Waals surface area contributed by atoms with E-state index >= 15 is 0 Å². The Morgan fingerprint density at radius 2 is 1.86 bits per heavy atom. The van der Waals surface area contributed by atoms with E-state index in [0.717, 1.165) is 14.2 Å². The highest BCUT2D eigenvalue weighted by molar-refractivity contribution is 9.10. The summed E-state index contributed by atoms with van der Waals surface area (Å²) in [7, 11) is -3.84. The molecule has 0 aliphatic carbocycles. The predicted octanol–water partition coefficient (Wildman–Crippen LogP) is 2.84. The topological polar surface area (TPSA) is 74.7 Å². The minimum Gasteiger partial charge on any atom is -0.480 e. The first-order valence-electron chi connectivity index (χ1n) is 6.85. The zero-order valence-corrected chi connectivity index (χ0v) is 14.0. The smallest absolute Gasteiger partial charge is 0.322 e. The molecule has 0 spiro atoms. The molecule has 1 aliphatic heterocycles. The number of nitrogens with zero attached hydrogens (tertiary/aromatic N) is 1. The van der Waals surface area contributed by atoms with Crippen LogP contribution in [0.15, 0.2) is 45.8 Å². The number of halogens is 1. The molecule has 1 saturated heterocycles. The molecular formula is C15H14BrNO4S. The van der Waals surface area contributed by atoms with Crippen molar-refractivity contribution in [3.63, 3.8) is 0 Å². The van der Waals surface area contributed by atoms with Crippen LogP contribution in [0, 0.1) is 0 Å². The van der Waals surface area contributed by atoms with Crippen LogP contribution in [0.1, 0.15) is 12.8 Å². The van der Waals surface area contributed by atoms with Gasteiger partial charge in [0.2, 0.25) is 10.0 Å². The molecule has 3 rings (SSSR count). The van der Waals surface area contributed by atoms with Crippen molar-refractivity contribution in [1.29, 1.82) is 0 Å². The molecule has 1 heterocycles. The predicted molar refractivity (Wildman–Crippen MR) is 86.2 cm³/mol. The molecule has 1 atom stereocenters. The van der Waals surface area contributed by atoms with Gasteiger partial charge in [-0.3, -0.25) is 4.79 Å². The number of aliphatic carboxylic acids is 1. The molecule has 0 unspecified atom stereocenters. The maximum atomic E-state index is 12.9. The van der Waals surface area contributed by atoms with Gasteiger partial charge in [-0.15, -0.1) is 0 Å². The van der Waals surface area contributed by atoms with Gasteiger partial charge in [-0.2, -0.15) is 4.31 Å². The number of carboxylic acid groups (broad SMARTS) is 1. The average molecular weight is 384 g/mol. The Hall–Kier alpha value is -1.44. The fourth-order valence-corrected chi connectivity index (χ4v) is 5.19. The number of carboxylic acids is 1. The summed E-state index contributed by atoms with van der Waals surface area (Å²) in [5.41, 5.74) is 0. The second-order valence-corrected chi connectivity index (χ2v) is 7.92. The number of fused-ring (bicyclic) bond motifs is 1. The van der Waals surface area contributed by atoms with E-state index in [4.69, 9.17) is 0 Å². The summed E-state index contributed by atoms with van der Waals surface area (Å²) < 4.78 is 27.7. The third kappa shape index (κ3) is 2.43. The van der Waals surface area contributed by atoms with Crippen LogP contribution in [-0.2, 0) is 14.8 Å². The third-order valence-electron chi connectivity index (χ3n) is 3.91. The molecule has 2 aromatic carbocycles. The van der Waals surface area contributed by atoms with Crippen molar-refractivity contribution < 1.29 is 18.3 Å². The molecule has 1 fully saturated rings. The van der Waals surface area contributed by atoms with Crippen molar-refractivity contribution in [1.82, 2.24) is 4.31 Å². The Morgan fingerprint density at radius 1 is 1.18 bits per heavy atom. The number of sulfonamides is 1. The van der Waals surface area contributed by atoms with Crippen LogP contribution in [0.2, 0.25) is 0 Å². The molecule has 116 valence electrons. The SMILES string of the molecule is O=C(O)[C@@H]1CCCN1S(=O)(=O)c1ccc(Br)c2ccccc12. The fraction of sp³-hybridized carbons (Fsp3) is 0.267. The Kier molecular flexibility index (Phi) is 3.96. The number of benzene rings is 2. The monoisotopic (exact) mass is 383 g/mol. The van der Waals surface area contributed by atoms with Gasteiger partial charge in [-0.05, 0) is 30.4 Å². The first-order valence-corrected chi connectivity index (χ1v) is 9.08. The standard InChI is InChI=1S/C15H14BrNO4S/c16-12-7-8-14(11-5-2-1-4-10(11)12)22(20,21)17-9-3-6-13(17)15(18)19/h1-2,4-5,7-8,13H,3,6,9H2,(H,18,19)/t13-/m0/s1. The van der Waals surface area contributed by atoms with E-state index < -0.39 is 22.0 Å². The molecule has 0 radical (unpaired) electrons. The quantitative estimate of drug-likeness (QED) is 0.883. The number of rotatable bonds is 3. The number of hydrogen-bond donors (Lipinski definition) is 1. The summed E-state index contributed by atoms with van der Waals surface area (Å²) >= 11 is 3.41. The molecule has 1 aliphatic rings. The maximum absolute atomic E-state index is 12.9. The Morgan fingerprint density at radius 3 is 2.55 bits per heavy atom. The molecule has 7 heteroatoms. The van der Waals surface area contributed by atoms with E-state index in [2.05, 4.69) is 15.9 Å². The highest BCUT2D eigenvalue weighted by atomic mass is 79.9. The Bertz CT molecular complexity index is 850. The van der Waals surface area contributed by atoms with Gasteiger partial charge in [0.05, 0.1) is 4.90 Å². The molecule has 0 aromatic heterocycles. The molecule has 5 nitrogen and oxygen atoms in total. The summed E-state index contributed by atoms with van der Waals surface area (Å²) in [5.74, 6) is -1.09. The first kappa shape index (κ1) is 15.5. The second-order valence-electron chi connectivity index (χ2n) is 5.20. The lowest BCUT2D eigenvalue weighted by Crippen LogP contribution is -2.40. The summed E-state index contributed by atoms with van der Waals surface area (Å²) in [6.45, 7) is 0.240. The Labute approximate surface area is 136 Å². The van der Waals surface area contributed by atoms with Crippen LogP contribution in [0.4, 0.5) is 0 Å². The van der Waals surface area contributed by atoms with Crippen LogP contribution in [0.5, 0.6) is 0 Å². The van der Waals surface area contributed by atoms with Crippen molar-refractivity contribution >= 4 is 42.7 Å². The number of carbonyl (C=O) groups is 1. The summed E-state index contributed by atoms with van der Waals surface area (Å²) in [6, 6.07) is 9.40. The van der Waals surface area contributed by atoms with E-state index in [1.165, 1.54) is 6.07 Å². The minimum absolute atomic E-state index is 0.152. The summed E-state index contributed by atoms with van der Waals surface area (Å²) in [4.78, 5) is 11.4. The minimum atomic E-state index is -3.84. The van der Waals surface area contributed by atoms with Gasteiger partial charge in [0.25, 0.3) is 0 Å². The van der Waals surface area contributed by atoms with Gasteiger partial charge in [0.15, 0.2) is 0 Å². The van der Waals surface area contributed by atoms with Crippen LogP contribution in [-0.4, -0.2) is 36.4 Å². The van der Waals surface area contributed by atoms with Gasteiger partial charge in [-0.25, -0.2) is 8.42 Å². The van der Waals surface area contributed by atoms with E-state index in [1.807, 2.05) is 12.1 Å². The van der Waals surface area contributed by atoms with Crippen molar-refractivity contribution in [2.24, 2.45) is 0 Å². The van der Waals surface area contributed by atoms with Gasteiger partial charge in [0, 0.05) is 16.4 Å². The largest absolute Gasteiger partial charge is 0.480 e. The second kappa shape index (κ2) is 5.64. The van der Waals surface area contributed by atoms with Crippen molar-refractivity contribution in [3.8, 4) is 0 Å². The van der Waals surface area contributed by atoms with E-state index in [0.29, 0.717) is 18.2 Å². The molecule has 0 saturated carbocycles. The van der Waals surface area contributed by atoms with Crippen LogP contribution in [0.3, 0.4) is 0 Å². The Balaban J connectivity index is 2.18. The van der Waals surface area contributed by atoms with E-state index in [9.17, 15) is 18.3 Å². The lowest BCUT2D eigenvalue weighted by molar-refractivity contribution is -0.140. The molecule has 22 heavy (non-hydrogen) atoms. The normalized spacial score (nSPS) is 19.6. The molecule has 1 N–H and O–H groups in total. The van der Waals surface area contributed by atoms with Crippen molar-refractivity contribution in [2.45, 2.75) is 23.8 Å². The van der Waals surface area contributed by atoms with E-state index in [-0.39, 0.29) is 11.4 Å². The van der Waals surface area contributed by atoms with Crippen molar-refractivity contribution in [3.05, 3.63) is 40.9 Å². The van der Waals surface area contributed by atoms with Crippen LogP contribution < -0.4 is 0 Å². The molecular weight excluding hydrogens is 370 g/mol. The highest BCUT2D eigenvalue weighted by Crippen LogP contribution is 2.33. The molecule has 0 bridgehead atoms. The van der Waals surface area contributed by atoms with Crippen LogP contribution >= 0.6 is 15.9 Å². The summed E-state index contributed by atoms with van der Waals surface area (Å²) in [6.07, 6.45) is 0.910. The van der Waals surface area contributed by atoms with Gasteiger partial charge < -0.3 is 5.11 Å². The van der Waals surface area contributed by atoms with Gasteiger partial charge in [0.1, 0.15) is 6.04 Å². The fourth-order valence-electron chi connectivity index (χ4n) is 2.86. The lowest BCUT2D eigenvalue weighted by atomic mass is 10.1. The highest BCUT2D eigenvalue weighted by Gasteiger charge is 2.40. The zero-order valence-electron chi connectivity index (χ0n) is 11.6. The lowest BCUT2D eigenvalue weighted by Gasteiger charge is -2.22. The third-order valence-corrected chi connectivity index (χ3v) is 6.56. The zero-order chi connectivity index (χ0) is 15.9. The van der Waals surface area contributed by atoms with Gasteiger partial charge >= 0.3 is 5.97 Å². The molecule has 0 amide bonds. The molecule has 2 aromatic rings. The van der Waals surface area contributed by atoms with Gasteiger partial charge in [-0.1, -0.05) is 40.2 Å². The van der Waals surface area contributed by atoms with Crippen molar-refractivity contribution in [2.75, 3.05) is 6.54 Å². The van der Waals surface area contributed by atoms with E-state index in [1.54, 1.807) is 18.2 Å². The first-order chi connectivity index (χ1) is 10.4. The summed E-state index contributed by atoms with van der Waals surface area (Å²) in [5, 5.41) is 10.6. The maximum Gasteiger partial charge on any atom is 0.322 e.